The van der Waals surface area contributed by atoms with Gasteiger partial charge in [-0.15, -0.1) is 0 Å². The monoisotopic (exact) mass is 561 g/mol. The molecule has 2 amide bonds. The number of amides is 2. The van der Waals surface area contributed by atoms with E-state index in [0.29, 0.717) is 49.3 Å². The van der Waals surface area contributed by atoms with Crippen molar-refractivity contribution in [2.45, 2.75) is 58.4 Å². The van der Waals surface area contributed by atoms with Gasteiger partial charge in [0.25, 0.3) is 5.91 Å². The lowest BCUT2D eigenvalue weighted by Gasteiger charge is -2.32. The highest BCUT2D eigenvalue weighted by Gasteiger charge is 2.35. The number of methoxy groups -OCH3 is 2. The van der Waals surface area contributed by atoms with Crippen molar-refractivity contribution in [3.05, 3.63) is 23.8 Å². The Bertz CT molecular complexity index is 936. The molecule has 40 heavy (non-hydrogen) atoms. The van der Waals surface area contributed by atoms with Gasteiger partial charge in [0.1, 0.15) is 0 Å². The molecule has 0 aromatic heterocycles. The van der Waals surface area contributed by atoms with Crippen LogP contribution in [0.3, 0.4) is 0 Å². The van der Waals surface area contributed by atoms with Crippen molar-refractivity contribution in [1.29, 1.82) is 0 Å². The van der Waals surface area contributed by atoms with Crippen LogP contribution in [-0.2, 0) is 9.47 Å². The summed E-state index contributed by atoms with van der Waals surface area (Å²) in [5.41, 5.74) is 0.565. The molecule has 0 bridgehead atoms. The number of hydrogen-bond acceptors (Lipinski definition) is 7. The molecular weight excluding hydrogens is 510 g/mol. The van der Waals surface area contributed by atoms with Gasteiger partial charge in [0.05, 0.1) is 20.3 Å². The van der Waals surface area contributed by atoms with Gasteiger partial charge in [-0.05, 0) is 63.8 Å². The summed E-state index contributed by atoms with van der Waals surface area (Å²) in [4.78, 5) is 32.4. The maximum atomic E-state index is 13.7. The zero-order valence-corrected chi connectivity index (χ0v) is 25.5. The molecule has 1 aromatic carbocycles. The molecule has 0 N–H and O–H groups in total. The van der Waals surface area contributed by atoms with Gasteiger partial charge in [-0.25, -0.2) is 4.79 Å². The van der Waals surface area contributed by atoms with Crippen LogP contribution in [0.2, 0.25) is 0 Å². The van der Waals surface area contributed by atoms with E-state index in [0.717, 1.165) is 26.1 Å². The fourth-order valence-electron chi connectivity index (χ4n) is 5.94. The highest BCUT2D eigenvalue weighted by molar-refractivity contribution is 5.95. The second-order valence-corrected chi connectivity index (χ2v) is 11.8. The molecule has 3 rings (SSSR count). The van der Waals surface area contributed by atoms with Crippen LogP contribution in [0.1, 0.15) is 62.7 Å². The first kappa shape index (κ1) is 32.0. The molecule has 1 saturated carbocycles. The third kappa shape index (κ3) is 9.26. The molecule has 1 aliphatic heterocycles. The Hall–Kier alpha value is -2.52. The average molecular weight is 562 g/mol. The van der Waals surface area contributed by atoms with Gasteiger partial charge in [0.15, 0.2) is 11.5 Å². The Morgan fingerprint density at radius 2 is 1.73 bits per heavy atom. The molecule has 2 aliphatic rings. The van der Waals surface area contributed by atoms with E-state index in [9.17, 15) is 9.59 Å². The van der Waals surface area contributed by atoms with Crippen LogP contribution in [0.15, 0.2) is 18.2 Å². The first-order chi connectivity index (χ1) is 19.2. The minimum absolute atomic E-state index is 0.0106. The molecule has 0 radical (unpaired) electrons. The van der Waals surface area contributed by atoms with Crippen LogP contribution in [0.25, 0.3) is 0 Å². The van der Waals surface area contributed by atoms with Gasteiger partial charge < -0.3 is 33.6 Å². The summed E-state index contributed by atoms with van der Waals surface area (Å²) in [6.45, 7) is 8.57. The standard InChI is InChI=1S/C31H51N3O6/c1-23(2)34(30(35)25-13-14-28(38-6)29(17-25)39-16-10-15-37-5)21-26-19-32(3)20-27(26)22-40-31(36)33(4)18-24-11-8-7-9-12-24/h13-14,17,23-24,26-27H,7-12,15-16,18-22H2,1-6H3/t26-,27-/m0/s1. The second kappa shape index (κ2) is 16.1. The molecule has 2 atom stereocenters. The molecule has 0 unspecified atom stereocenters. The van der Waals surface area contributed by atoms with Gasteiger partial charge in [-0.1, -0.05) is 19.3 Å². The minimum atomic E-state index is -0.244. The quantitative estimate of drug-likeness (QED) is 0.302. The van der Waals surface area contributed by atoms with Crippen LogP contribution in [0, 0.1) is 17.8 Å². The summed E-state index contributed by atoms with van der Waals surface area (Å²) in [5, 5.41) is 0. The molecular formula is C31H51N3O6. The van der Waals surface area contributed by atoms with E-state index in [-0.39, 0.29) is 29.9 Å². The number of carbonyl (C=O) groups is 2. The molecule has 9 nitrogen and oxygen atoms in total. The van der Waals surface area contributed by atoms with Crippen LogP contribution < -0.4 is 9.47 Å². The van der Waals surface area contributed by atoms with E-state index in [1.54, 1.807) is 37.3 Å². The largest absolute Gasteiger partial charge is 0.493 e. The third-order valence-corrected chi connectivity index (χ3v) is 8.22. The normalized spacial score (nSPS) is 20.0. The van der Waals surface area contributed by atoms with Crippen molar-refractivity contribution in [2.75, 3.05) is 74.3 Å². The second-order valence-electron chi connectivity index (χ2n) is 11.8. The zero-order chi connectivity index (χ0) is 29.1. The maximum Gasteiger partial charge on any atom is 0.409 e. The molecule has 1 aromatic rings. The number of ether oxygens (including phenoxy) is 4. The summed E-state index contributed by atoms with van der Waals surface area (Å²) in [6.07, 6.45) is 6.71. The van der Waals surface area contributed by atoms with Crippen molar-refractivity contribution < 1.29 is 28.5 Å². The smallest absolute Gasteiger partial charge is 0.409 e. The summed E-state index contributed by atoms with van der Waals surface area (Å²) < 4.78 is 22.3. The van der Waals surface area contributed by atoms with E-state index in [1.165, 1.54) is 32.1 Å². The van der Waals surface area contributed by atoms with Crippen LogP contribution >= 0.6 is 0 Å². The highest BCUT2D eigenvalue weighted by atomic mass is 16.6. The number of carbonyl (C=O) groups excluding carboxylic acids is 2. The molecule has 226 valence electrons. The maximum absolute atomic E-state index is 13.7. The fraction of sp³-hybridized carbons (Fsp3) is 0.742. The lowest BCUT2D eigenvalue weighted by atomic mass is 9.89. The summed E-state index contributed by atoms with van der Waals surface area (Å²) in [5.74, 6) is 2.06. The predicted molar refractivity (Wildman–Crippen MR) is 156 cm³/mol. The number of benzene rings is 1. The molecule has 9 heteroatoms. The van der Waals surface area contributed by atoms with Gasteiger partial charge in [-0.2, -0.15) is 0 Å². The van der Waals surface area contributed by atoms with Gasteiger partial charge >= 0.3 is 6.09 Å². The topological polar surface area (TPSA) is 80.8 Å². The summed E-state index contributed by atoms with van der Waals surface area (Å²) in [6, 6.07) is 5.36. The Morgan fingerprint density at radius 3 is 2.40 bits per heavy atom. The van der Waals surface area contributed by atoms with Crippen molar-refractivity contribution in [2.24, 2.45) is 17.8 Å². The highest BCUT2D eigenvalue weighted by Crippen LogP contribution is 2.30. The number of hydrogen-bond donors (Lipinski definition) is 0. The number of rotatable bonds is 14. The molecule has 2 fully saturated rings. The van der Waals surface area contributed by atoms with Crippen molar-refractivity contribution in [1.82, 2.24) is 14.7 Å². The predicted octanol–water partition coefficient (Wildman–Crippen LogP) is 4.79. The average Bonchev–Trinajstić information content (AvgIpc) is 3.31. The number of nitrogens with zero attached hydrogens (tertiary/aromatic N) is 3. The van der Waals surface area contributed by atoms with E-state index >= 15 is 0 Å². The first-order valence-electron chi connectivity index (χ1n) is 14.9. The Morgan fingerprint density at radius 1 is 1.00 bits per heavy atom. The van der Waals surface area contributed by atoms with Gasteiger partial charge in [-0.3, -0.25) is 4.79 Å². The first-order valence-corrected chi connectivity index (χ1v) is 14.9. The molecule has 0 spiro atoms. The van der Waals surface area contributed by atoms with E-state index < -0.39 is 0 Å². The number of likely N-dealkylation sites (tertiary alicyclic amines) is 1. The molecule has 1 saturated heterocycles. The minimum Gasteiger partial charge on any atom is -0.493 e. The molecule has 1 heterocycles. The SMILES string of the molecule is COCCCOc1cc(C(=O)N(C[C@@H]2CN(C)C[C@H]2COC(=O)N(C)CC2CCCCC2)C(C)C)ccc1OC. The Kier molecular flexibility index (Phi) is 12.8. The van der Waals surface area contributed by atoms with Crippen LogP contribution in [-0.4, -0.2) is 107 Å². The van der Waals surface area contributed by atoms with Crippen LogP contribution in [0.5, 0.6) is 11.5 Å². The van der Waals surface area contributed by atoms with E-state index in [1.807, 2.05) is 25.8 Å². The fourth-order valence-corrected chi connectivity index (χ4v) is 5.94. The Balaban J connectivity index is 1.62. The lowest BCUT2D eigenvalue weighted by Crippen LogP contribution is -2.43. The van der Waals surface area contributed by atoms with E-state index in [2.05, 4.69) is 11.9 Å². The van der Waals surface area contributed by atoms with Gasteiger partial charge in [0.2, 0.25) is 0 Å². The van der Waals surface area contributed by atoms with Crippen LogP contribution in [0.4, 0.5) is 4.79 Å². The van der Waals surface area contributed by atoms with Crippen molar-refractivity contribution in [3.63, 3.8) is 0 Å². The lowest BCUT2D eigenvalue weighted by molar-refractivity contribution is 0.0595. The summed E-state index contributed by atoms with van der Waals surface area (Å²) >= 11 is 0. The van der Waals surface area contributed by atoms with Gasteiger partial charge in [0, 0.05) is 70.9 Å². The Labute approximate surface area is 241 Å². The van der Waals surface area contributed by atoms with E-state index in [4.69, 9.17) is 18.9 Å². The van der Waals surface area contributed by atoms with Crippen molar-refractivity contribution in [3.8, 4) is 11.5 Å². The summed E-state index contributed by atoms with van der Waals surface area (Å²) in [7, 11) is 7.19. The third-order valence-electron chi connectivity index (χ3n) is 8.22. The van der Waals surface area contributed by atoms with Crippen molar-refractivity contribution >= 4 is 12.0 Å². The zero-order valence-electron chi connectivity index (χ0n) is 25.5. The molecule has 1 aliphatic carbocycles.